The van der Waals surface area contributed by atoms with Gasteiger partial charge in [-0.3, -0.25) is 0 Å². The van der Waals surface area contributed by atoms with Crippen LogP contribution < -0.4 is 0 Å². The van der Waals surface area contributed by atoms with Crippen LogP contribution in [-0.2, 0) is 14.3 Å². The first kappa shape index (κ1) is 18.8. The summed E-state index contributed by atoms with van der Waals surface area (Å²) in [5.41, 5.74) is 0.614. The van der Waals surface area contributed by atoms with Crippen LogP contribution in [0.4, 0.5) is 0 Å². The maximum Gasteiger partial charge on any atom is 0.347 e. The highest BCUT2D eigenvalue weighted by Gasteiger charge is 2.27. The lowest BCUT2D eigenvalue weighted by Gasteiger charge is -2.14. The first-order valence-corrected chi connectivity index (χ1v) is 9.12. The van der Waals surface area contributed by atoms with Crippen LogP contribution in [-0.4, -0.2) is 22.2 Å². The summed E-state index contributed by atoms with van der Waals surface area (Å²) < 4.78 is 4.73. The summed E-state index contributed by atoms with van der Waals surface area (Å²) in [5, 5.41) is 24.2. The van der Waals surface area contributed by atoms with Crippen molar-refractivity contribution in [2.24, 2.45) is 0 Å². The van der Waals surface area contributed by atoms with Gasteiger partial charge in [0.25, 0.3) is 0 Å². The fraction of sp³-hybridized carbons (Fsp3) is 0.0833. The molecule has 0 amide bonds. The third kappa shape index (κ3) is 3.87. The second-order valence-electron chi connectivity index (χ2n) is 6.76. The Morgan fingerprint density at radius 3 is 1.38 bits per heavy atom. The summed E-state index contributed by atoms with van der Waals surface area (Å²) in [5.74, 6) is -2.27. The largest absolute Gasteiger partial charge is 0.389 e. The molecule has 29 heavy (non-hydrogen) atoms. The molecule has 0 spiro atoms. The molecule has 0 saturated carbocycles. The van der Waals surface area contributed by atoms with Crippen molar-refractivity contribution in [3.63, 3.8) is 0 Å². The van der Waals surface area contributed by atoms with Gasteiger partial charge in [0.05, 0.1) is 0 Å². The summed E-state index contributed by atoms with van der Waals surface area (Å²) in [6.45, 7) is 0. The molecule has 4 aromatic carbocycles. The average molecular weight is 386 g/mol. The van der Waals surface area contributed by atoms with Gasteiger partial charge in [0.2, 0.25) is 0 Å². The number of carbonyl (C=O) groups is 2. The second-order valence-corrected chi connectivity index (χ2v) is 6.76. The van der Waals surface area contributed by atoms with Gasteiger partial charge in [-0.2, -0.15) is 0 Å². The van der Waals surface area contributed by atoms with E-state index in [4.69, 9.17) is 4.74 Å². The van der Waals surface area contributed by atoms with Gasteiger partial charge >= 0.3 is 11.9 Å². The summed E-state index contributed by atoms with van der Waals surface area (Å²) in [4.78, 5) is 24.5. The first-order chi connectivity index (χ1) is 14.0. The van der Waals surface area contributed by atoms with E-state index in [2.05, 4.69) is 0 Å². The third-order valence-electron chi connectivity index (χ3n) is 4.83. The van der Waals surface area contributed by atoms with Crippen molar-refractivity contribution in [2.75, 3.05) is 0 Å². The Balaban J connectivity index is 1.49. The highest BCUT2D eigenvalue weighted by atomic mass is 16.6. The molecule has 144 valence electrons. The molecule has 0 radical (unpaired) electrons. The Morgan fingerprint density at radius 2 is 0.966 bits per heavy atom. The normalized spacial score (nSPS) is 13.2. The van der Waals surface area contributed by atoms with Gasteiger partial charge in [0.15, 0.2) is 12.2 Å². The minimum atomic E-state index is -1.63. The van der Waals surface area contributed by atoms with Crippen molar-refractivity contribution in [3.8, 4) is 0 Å². The Kier molecular flexibility index (Phi) is 5.08. The number of aliphatic hydroxyl groups is 2. The Morgan fingerprint density at radius 1 is 0.586 bits per heavy atom. The number of carbonyl (C=O) groups excluding carboxylic acids is 2. The number of fused-ring (bicyclic) bond motifs is 2. The molecule has 0 aliphatic carbocycles. The third-order valence-corrected chi connectivity index (χ3v) is 4.83. The highest BCUT2D eigenvalue weighted by Crippen LogP contribution is 2.24. The van der Waals surface area contributed by atoms with Gasteiger partial charge in [-0.25, -0.2) is 9.59 Å². The van der Waals surface area contributed by atoms with Gasteiger partial charge in [0, 0.05) is 0 Å². The van der Waals surface area contributed by atoms with E-state index in [1.54, 1.807) is 36.4 Å². The van der Waals surface area contributed by atoms with Gasteiger partial charge < -0.3 is 14.9 Å². The average Bonchev–Trinajstić information content (AvgIpc) is 2.77. The monoisotopic (exact) mass is 386 g/mol. The Hall–Kier alpha value is -3.54. The summed E-state index contributed by atoms with van der Waals surface area (Å²) in [6.07, 6.45) is -3.26. The lowest BCUT2D eigenvalue weighted by atomic mass is 10.0. The number of benzene rings is 4. The predicted octanol–water partition coefficient (Wildman–Crippen LogP) is 3.83. The molecule has 0 aliphatic heterocycles. The Bertz CT molecular complexity index is 1120. The van der Waals surface area contributed by atoms with E-state index in [1.165, 1.54) is 0 Å². The Labute approximate surface area is 166 Å². The molecule has 2 N–H and O–H groups in total. The summed E-state index contributed by atoms with van der Waals surface area (Å²) >= 11 is 0. The van der Waals surface area contributed by atoms with Crippen molar-refractivity contribution in [3.05, 3.63) is 96.1 Å². The number of hydrogen-bond donors (Lipinski definition) is 2. The predicted molar refractivity (Wildman–Crippen MR) is 109 cm³/mol. The molecule has 2 unspecified atom stereocenters. The molecule has 5 heteroatoms. The van der Waals surface area contributed by atoms with E-state index in [0.717, 1.165) is 21.5 Å². The van der Waals surface area contributed by atoms with Gasteiger partial charge in [-0.15, -0.1) is 0 Å². The van der Waals surface area contributed by atoms with Crippen molar-refractivity contribution < 1.29 is 24.5 Å². The quantitative estimate of drug-likeness (QED) is 0.411. The van der Waals surface area contributed by atoms with Crippen LogP contribution in [0.3, 0.4) is 0 Å². The fourth-order valence-corrected chi connectivity index (χ4v) is 3.24. The zero-order valence-corrected chi connectivity index (χ0v) is 15.4. The van der Waals surface area contributed by atoms with Crippen LogP contribution in [0, 0.1) is 0 Å². The minimum absolute atomic E-state index is 0.307. The number of esters is 2. The minimum Gasteiger partial charge on any atom is -0.389 e. The molecule has 4 aromatic rings. The van der Waals surface area contributed by atoms with Crippen LogP contribution in [0.5, 0.6) is 0 Å². The molecular formula is C24H18O5. The number of aliphatic hydroxyl groups excluding tert-OH is 2. The van der Waals surface area contributed by atoms with E-state index in [1.807, 2.05) is 48.5 Å². The number of hydrogen-bond acceptors (Lipinski definition) is 5. The smallest absolute Gasteiger partial charge is 0.347 e. The van der Waals surface area contributed by atoms with Crippen molar-refractivity contribution in [1.82, 2.24) is 0 Å². The molecule has 5 nitrogen and oxygen atoms in total. The molecule has 0 bridgehead atoms. The van der Waals surface area contributed by atoms with Crippen LogP contribution in [0.2, 0.25) is 0 Å². The van der Waals surface area contributed by atoms with Crippen LogP contribution >= 0.6 is 0 Å². The number of ether oxygens (including phenoxy) is 1. The second kappa shape index (κ2) is 7.83. The van der Waals surface area contributed by atoms with Crippen molar-refractivity contribution in [2.45, 2.75) is 12.2 Å². The van der Waals surface area contributed by atoms with E-state index >= 15 is 0 Å². The molecule has 0 aliphatic rings. The molecular weight excluding hydrogens is 368 g/mol. The molecule has 0 fully saturated rings. The van der Waals surface area contributed by atoms with Gasteiger partial charge in [-0.1, -0.05) is 72.8 Å². The summed E-state index contributed by atoms with van der Waals surface area (Å²) in [7, 11) is 0. The maximum absolute atomic E-state index is 12.2. The highest BCUT2D eigenvalue weighted by molar-refractivity contribution is 5.92. The van der Waals surface area contributed by atoms with E-state index in [0.29, 0.717) is 11.1 Å². The fourth-order valence-electron chi connectivity index (χ4n) is 3.24. The summed E-state index contributed by atoms with van der Waals surface area (Å²) in [6, 6.07) is 25.0. The van der Waals surface area contributed by atoms with E-state index in [9.17, 15) is 19.8 Å². The van der Waals surface area contributed by atoms with Crippen LogP contribution in [0.25, 0.3) is 21.5 Å². The zero-order chi connectivity index (χ0) is 20.4. The zero-order valence-electron chi connectivity index (χ0n) is 15.4. The SMILES string of the molecule is O=C(OC(=O)C(O)c1ccc2ccccc2c1)C(O)c1ccc2ccccc2c1. The van der Waals surface area contributed by atoms with Crippen molar-refractivity contribution in [1.29, 1.82) is 0 Å². The van der Waals surface area contributed by atoms with Crippen LogP contribution in [0.15, 0.2) is 84.9 Å². The lowest BCUT2D eigenvalue weighted by molar-refractivity contribution is -0.171. The first-order valence-electron chi connectivity index (χ1n) is 9.12. The van der Waals surface area contributed by atoms with Crippen molar-refractivity contribution >= 4 is 33.5 Å². The molecule has 0 saturated heterocycles. The molecule has 0 aromatic heterocycles. The molecule has 4 rings (SSSR count). The van der Waals surface area contributed by atoms with E-state index in [-0.39, 0.29) is 0 Å². The van der Waals surface area contributed by atoms with Gasteiger partial charge in [-0.05, 0) is 44.8 Å². The standard InChI is InChI=1S/C24H18O5/c25-21(19-11-9-15-5-1-3-7-17(15)13-19)23(27)29-24(28)22(26)20-12-10-16-6-2-4-8-18(16)14-20/h1-14,21-22,25-26H. The lowest BCUT2D eigenvalue weighted by Crippen LogP contribution is -2.24. The van der Waals surface area contributed by atoms with Gasteiger partial charge in [0.1, 0.15) is 0 Å². The molecule has 0 heterocycles. The van der Waals surface area contributed by atoms with Crippen LogP contribution in [0.1, 0.15) is 23.3 Å². The topological polar surface area (TPSA) is 83.8 Å². The maximum atomic E-state index is 12.2. The molecule has 2 atom stereocenters. The number of rotatable bonds is 4. The van der Waals surface area contributed by atoms with E-state index < -0.39 is 24.1 Å².